The van der Waals surface area contributed by atoms with E-state index in [1.165, 1.54) is 14.2 Å². The molecule has 0 aliphatic carbocycles. The van der Waals surface area contributed by atoms with Crippen LogP contribution in [0.1, 0.15) is 25.8 Å². The third-order valence-corrected chi connectivity index (χ3v) is 2.90. The van der Waals surface area contributed by atoms with Crippen molar-refractivity contribution in [3.63, 3.8) is 0 Å². The lowest BCUT2D eigenvalue weighted by Crippen LogP contribution is -2.32. The summed E-state index contributed by atoms with van der Waals surface area (Å²) in [5.74, 6) is 0.819. The van der Waals surface area contributed by atoms with Gasteiger partial charge in [-0.05, 0) is 36.6 Å². The summed E-state index contributed by atoms with van der Waals surface area (Å²) in [4.78, 5) is 0. The van der Waals surface area contributed by atoms with Crippen LogP contribution in [0.3, 0.4) is 0 Å². The van der Waals surface area contributed by atoms with Crippen LogP contribution in [0.25, 0.3) is 5.57 Å². The van der Waals surface area contributed by atoms with Crippen LogP contribution in [-0.4, -0.2) is 31.4 Å². The van der Waals surface area contributed by atoms with Gasteiger partial charge >= 0.3 is 7.12 Å². The van der Waals surface area contributed by atoms with E-state index in [2.05, 4.69) is 6.92 Å². The minimum atomic E-state index is -1.63. The predicted octanol–water partition coefficient (Wildman–Crippen LogP) is 1.20. The molecule has 0 fully saturated rings. The highest BCUT2D eigenvalue weighted by Crippen LogP contribution is 2.27. The van der Waals surface area contributed by atoms with E-state index >= 15 is 0 Å². The van der Waals surface area contributed by atoms with Crippen LogP contribution in [0.2, 0.25) is 0 Å². The summed E-state index contributed by atoms with van der Waals surface area (Å²) in [7, 11) is 1.36. The standard InChI is InChI=1S/C13H19BO4/c1-5-9(6-2)10-7-11(17-3)13(14(15)16)12(8-10)18-4/h5,7-8,15-16H,6H2,1-4H3/b9-5+. The molecule has 0 aliphatic rings. The van der Waals surface area contributed by atoms with Crippen molar-refractivity contribution in [1.29, 1.82) is 0 Å². The van der Waals surface area contributed by atoms with Gasteiger partial charge in [-0.1, -0.05) is 13.0 Å². The number of methoxy groups -OCH3 is 2. The summed E-state index contributed by atoms with van der Waals surface area (Å²) < 4.78 is 10.4. The van der Waals surface area contributed by atoms with Crippen molar-refractivity contribution in [3.8, 4) is 11.5 Å². The van der Waals surface area contributed by atoms with Gasteiger partial charge in [-0.15, -0.1) is 0 Å². The first-order valence-electron chi connectivity index (χ1n) is 5.86. The van der Waals surface area contributed by atoms with Crippen molar-refractivity contribution in [3.05, 3.63) is 23.8 Å². The summed E-state index contributed by atoms with van der Waals surface area (Å²) in [6.45, 7) is 4.02. The van der Waals surface area contributed by atoms with Gasteiger partial charge in [0.1, 0.15) is 11.5 Å². The molecule has 0 radical (unpaired) electrons. The molecule has 18 heavy (non-hydrogen) atoms. The predicted molar refractivity (Wildman–Crippen MR) is 73.3 cm³/mol. The number of benzene rings is 1. The Labute approximate surface area is 108 Å². The van der Waals surface area contributed by atoms with Crippen LogP contribution in [0, 0.1) is 0 Å². The number of hydrogen-bond donors (Lipinski definition) is 2. The molecular formula is C13H19BO4. The van der Waals surface area contributed by atoms with Gasteiger partial charge in [0, 0.05) is 0 Å². The summed E-state index contributed by atoms with van der Waals surface area (Å²) >= 11 is 0. The molecule has 0 heterocycles. The fourth-order valence-corrected chi connectivity index (χ4v) is 1.95. The number of rotatable bonds is 5. The maximum atomic E-state index is 9.37. The molecule has 1 aromatic rings. The van der Waals surface area contributed by atoms with Crippen molar-refractivity contribution in [1.82, 2.24) is 0 Å². The lowest BCUT2D eigenvalue weighted by molar-refractivity contribution is 0.385. The van der Waals surface area contributed by atoms with E-state index in [1.807, 2.05) is 13.0 Å². The van der Waals surface area contributed by atoms with E-state index in [0.29, 0.717) is 11.5 Å². The van der Waals surface area contributed by atoms with Gasteiger partial charge in [-0.3, -0.25) is 0 Å². The summed E-state index contributed by atoms with van der Waals surface area (Å²) in [5.41, 5.74) is 2.35. The van der Waals surface area contributed by atoms with Crippen LogP contribution in [-0.2, 0) is 0 Å². The third kappa shape index (κ3) is 2.86. The highest BCUT2D eigenvalue weighted by atomic mass is 16.5. The molecule has 0 bridgehead atoms. The molecule has 0 saturated carbocycles. The quantitative estimate of drug-likeness (QED) is 0.771. The first kappa shape index (κ1) is 14.6. The molecule has 4 nitrogen and oxygen atoms in total. The average molecular weight is 250 g/mol. The first-order chi connectivity index (χ1) is 8.58. The maximum absolute atomic E-state index is 9.37. The number of ether oxygens (including phenoxy) is 2. The Morgan fingerprint density at radius 1 is 1.22 bits per heavy atom. The monoisotopic (exact) mass is 250 g/mol. The minimum absolute atomic E-state index is 0.246. The van der Waals surface area contributed by atoms with E-state index in [4.69, 9.17) is 9.47 Å². The van der Waals surface area contributed by atoms with Gasteiger partial charge in [0.05, 0.1) is 19.7 Å². The highest BCUT2D eigenvalue weighted by Gasteiger charge is 2.23. The number of allylic oxidation sites excluding steroid dienone is 2. The second kappa shape index (κ2) is 6.47. The lowest BCUT2D eigenvalue weighted by atomic mass is 9.77. The van der Waals surface area contributed by atoms with Crippen molar-refractivity contribution in [2.45, 2.75) is 20.3 Å². The lowest BCUT2D eigenvalue weighted by Gasteiger charge is -2.15. The van der Waals surface area contributed by atoms with Crippen molar-refractivity contribution in [2.24, 2.45) is 0 Å². The van der Waals surface area contributed by atoms with E-state index in [0.717, 1.165) is 17.6 Å². The molecule has 0 spiro atoms. The van der Waals surface area contributed by atoms with E-state index in [9.17, 15) is 10.0 Å². The molecule has 2 N–H and O–H groups in total. The van der Waals surface area contributed by atoms with Gasteiger partial charge in [0.15, 0.2) is 0 Å². The van der Waals surface area contributed by atoms with Gasteiger partial charge in [0.2, 0.25) is 0 Å². The van der Waals surface area contributed by atoms with Gasteiger partial charge in [-0.25, -0.2) is 0 Å². The van der Waals surface area contributed by atoms with E-state index in [1.54, 1.807) is 12.1 Å². The zero-order chi connectivity index (χ0) is 13.7. The second-order valence-corrected chi connectivity index (χ2v) is 3.84. The molecule has 5 heteroatoms. The molecule has 0 amide bonds. The van der Waals surface area contributed by atoms with E-state index in [-0.39, 0.29) is 5.46 Å². The average Bonchev–Trinajstić information content (AvgIpc) is 2.38. The third-order valence-electron chi connectivity index (χ3n) is 2.90. The molecule has 0 aromatic heterocycles. The van der Waals surface area contributed by atoms with Crippen LogP contribution in [0.15, 0.2) is 18.2 Å². The Bertz CT molecular complexity index is 416. The normalized spacial score (nSPS) is 11.3. The minimum Gasteiger partial charge on any atom is -0.497 e. The molecule has 98 valence electrons. The molecule has 1 aromatic carbocycles. The maximum Gasteiger partial charge on any atom is 0.496 e. The van der Waals surface area contributed by atoms with Gasteiger partial charge in [0.25, 0.3) is 0 Å². The Kier molecular flexibility index (Phi) is 5.25. The molecule has 0 atom stereocenters. The van der Waals surface area contributed by atoms with Crippen molar-refractivity contribution >= 4 is 18.2 Å². The first-order valence-corrected chi connectivity index (χ1v) is 5.86. The Morgan fingerprint density at radius 3 is 2.00 bits per heavy atom. The van der Waals surface area contributed by atoms with Gasteiger partial charge < -0.3 is 19.5 Å². The SMILES string of the molecule is C/C=C(\CC)c1cc(OC)c(B(O)O)c(OC)c1. The van der Waals surface area contributed by atoms with Crippen LogP contribution in [0.4, 0.5) is 0 Å². The van der Waals surface area contributed by atoms with Crippen LogP contribution < -0.4 is 14.9 Å². The zero-order valence-corrected chi connectivity index (χ0v) is 11.2. The fraction of sp³-hybridized carbons (Fsp3) is 0.385. The van der Waals surface area contributed by atoms with E-state index < -0.39 is 7.12 Å². The Morgan fingerprint density at radius 2 is 1.72 bits per heavy atom. The zero-order valence-electron chi connectivity index (χ0n) is 11.2. The molecule has 0 unspecified atom stereocenters. The van der Waals surface area contributed by atoms with Crippen LogP contribution in [0.5, 0.6) is 11.5 Å². The Hall–Kier alpha value is -1.46. The van der Waals surface area contributed by atoms with Crippen molar-refractivity contribution < 1.29 is 19.5 Å². The highest BCUT2D eigenvalue weighted by molar-refractivity contribution is 6.61. The summed E-state index contributed by atoms with van der Waals surface area (Å²) in [6.07, 6.45) is 2.90. The van der Waals surface area contributed by atoms with Gasteiger partial charge in [-0.2, -0.15) is 0 Å². The summed E-state index contributed by atoms with van der Waals surface area (Å²) in [6, 6.07) is 3.58. The largest absolute Gasteiger partial charge is 0.497 e. The molecule has 1 rings (SSSR count). The summed E-state index contributed by atoms with van der Waals surface area (Å²) in [5, 5.41) is 18.7. The topological polar surface area (TPSA) is 58.9 Å². The smallest absolute Gasteiger partial charge is 0.496 e. The molecule has 0 aliphatic heterocycles. The molecule has 0 saturated heterocycles. The number of hydrogen-bond acceptors (Lipinski definition) is 4. The second-order valence-electron chi connectivity index (χ2n) is 3.84. The van der Waals surface area contributed by atoms with Crippen LogP contribution >= 0.6 is 0 Å². The Balaban J connectivity index is 3.44. The van der Waals surface area contributed by atoms with Crippen molar-refractivity contribution in [2.75, 3.05) is 14.2 Å². The molecular weight excluding hydrogens is 231 g/mol. The fourth-order valence-electron chi connectivity index (χ4n) is 1.95.